The van der Waals surface area contributed by atoms with E-state index in [1.807, 2.05) is 0 Å². The second-order valence-electron chi connectivity index (χ2n) is 13.9. The molecular formula is C42H54Cl4F2IN2O12P2-. The molecule has 4 aromatic carbocycles. The number of esters is 2. The number of para-hydroxylation sites is 2. The number of alkyl carbamates (subject to hydrolysis) is 1. The van der Waals surface area contributed by atoms with Crippen LogP contribution >= 0.6 is 59.1 Å². The van der Waals surface area contributed by atoms with Crippen LogP contribution in [-0.2, 0) is 50.9 Å². The molecule has 4 aromatic rings. The van der Waals surface area contributed by atoms with Crippen LogP contribution < -0.4 is 43.4 Å². The van der Waals surface area contributed by atoms with Gasteiger partial charge in [-0.25, -0.2) is 32.6 Å². The summed E-state index contributed by atoms with van der Waals surface area (Å²) in [6.07, 6.45) is -4.13. The quantitative estimate of drug-likeness (QED) is 0.0469. The third-order valence-electron chi connectivity index (χ3n) is 6.79. The number of amides is 1. The maximum Gasteiger partial charge on any atom is 0.428 e. The van der Waals surface area contributed by atoms with Gasteiger partial charge in [0.25, 0.3) is 0 Å². The summed E-state index contributed by atoms with van der Waals surface area (Å²) in [6, 6.07) is 26.3. The van der Waals surface area contributed by atoms with E-state index in [9.17, 15) is 37.1 Å². The van der Waals surface area contributed by atoms with Crippen LogP contribution in [0.3, 0.4) is 0 Å². The number of carboxylic acid groups (broad SMARTS) is 1. The molecule has 0 aliphatic carbocycles. The van der Waals surface area contributed by atoms with Crippen LogP contribution in [0, 0.1) is 17.6 Å². The molecule has 0 saturated heterocycles. The Balaban J connectivity index is -0.000000853. The number of hydrogen-bond donors (Lipinski definition) is 3. The fourth-order valence-electron chi connectivity index (χ4n) is 3.79. The highest BCUT2D eigenvalue weighted by atomic mass is 127. The number of halogens is 7. The Morgan fingerprint density at radius 2 is 1.02 bits per heavy atom. The van der Waals surface area contributed by atoms with E-state index in [1.54, 1.807) is 95.3 Å². The molecular weight excluding hydrogens is 1090 g/mol. The molecule has 1 unspecified atom stereocenters. The molecule has 23 heteroatoms. The van der Waals surface area contributed by atoms with Crippen LogP contribution in [0.15, 0.2) is 109 Å². The first-order chi connectivity index (χ1) is 28.7. The molecule has 3 N–H and O–H groups in total. The highest BCUT2D eigenvalue weighted by Gasteiger charge is 2.28. The van der Waals surface area contributed by atoms with Gasteiger partial charge in [0, 0.05) is 33.7 Å². The van der Waals surface area contributed by atoms with Crippen LogP contribution in [-0.4, -0.2) is 46.8 Å². The average Bonchev–Trinajstić information content (AvgIpc) is 3.17. The summed E-state index contributed by atoms with van der Waals surface area (Å²) < 4.78 is 73.4. The molecule has 364 valence electrons. The fraction of sp³-hybridized carbons (Fsp3) is 0.333. The number of benzene rings is 4. The van der Waals surface area contributed by atoms with Crippen molar-refractivity contribution in [3.63, 3.8) is 0 Å². The molecule has 0 aliphatic rings. The molecule has 65 heavy (non-hydrogen) atoms. The predicted octanol–water partition coefficient (Wildman–Crippen LogP) is 9.49. The Labute approximate surface area is 416 Å². The van der Waals surface area contributed by atoms with Gasteiger partial charge in [-0.2, -0.15) is 0 Å². The molecule has 0 saturated carbocycles. The van der Waals surface area contributed by atoms with Gasteiger partial charge in [-0.15, -0.1) is 12.4 Å². The number of aliphatic carboxylic acids is 1. The van der Waals surface area contributed by atoms with Crippen LogP contribution in [0.25, 0.3) is 0 Å². The predicted molar refractivity (Wildman–Crippen MR) is 247 cm³/mol. The van der Waals surface area contributed by atoms with E-state index in [0.717, 1.165) is 0 Å². The molecule has 0 aliphatic heterocycles. The van der Waals surface area contributed by atoms with Crippen molar-refractivity contribution in [1.29, 1.82) is 0 Å². The standard InChI is InChI=1S/C16H16ClFNO4P.C15H20FNO4.C6H5Cl2O2P.C4H8O2.CH4.ClH.HI/c1-12(16(20)22-11-13-7-9-14(18)10-8-13)19-24(17,21)23-15-5-3-2-4-6-15;1-10(17-14(19)21-15(2,3)4)13(18)20-9-11-5-7-12(16)8-6-11;7-11(8,9)10-6-4-2-1-3-5-6;1-3(2)4(5)6;;;/h2-10,12H,11H2,1H3,(H,19,21);5-8,10H,9H2,1-4H3,(H,17,19);1-5H;3H,1-2H3,(H,5,6);1H4;2*1H/p-1/t12-,24?;10-;;;;;/m00...../s1. The molecule has 0 fully saturated rings. The van der Waals surface area contributed by atoms with Crippen molar-refractivity contribution in [2.75, 3.05) is 0 Å². The van der Waals surface area contributed by atoms with Crippen molar-refractivity contribution in [3.8, 4) is 11.5 Å². The van der Waals surface area contributed by atoms with Gasteiger partial charge in [0.1, 0.15) is 54.0 Å². The molecule has 3 atom stereocenters. The molecule has 14 nitrogen and oxygen atoms in total. The highest BCUT2D eigenvalue weighted by molar-refractivity contribution is 8.05. The molecule has 1 amide bonds. The Hall–Kier alpha value is -3.67. The summed E-state index contributed by atoms with van der Waals surface area (Å²) in [5.74, 6) is -2.23. The number of hydrogen-bond acceptors (Lipinski definition) is 11. The molecule has 0 heterocycles. The van der Waals surface area contributed by atoms with E-state index in [1.165, 1.54) is 62.4 Å². The van der Waals surface area contributed by atoms with E-state index in [0.29, 0.717) is 22.6 Å². The Morgan fingerprint density at radius 1 is 0.662 bits per heavy atom. The lowest BCUT2D eigenvalue weighted by molar-refractivity contribution is -0.147. The minimum absolute atomic E-state index is 0. The highest BCUT2D eigenvalue weighted by Crippen LogP contribution is 2.57. The largest absolute Gasteiger partial charge is 1.00 e. The lowest BCUT2D eigenvalue weighted by Crippen LogP contribution is -3.00. The Bertz CT molecular complexity index is 2090. The molecule has 0 aromatic heterocycles. The van der Waals surface area contributed by atoms with E-state index in [2.05, 4.69) is 14.9 Å². The summed E-state index contributed by atoms with van der Waals surface area (Å²) in [7, 11) is 0. The van der Waals surface area contributed by atoms with Crippen molar-refractivity contribution in [2.24, 2.45) is 5.92 Å². The van der Waals surface area contributed by atoms with E-state index in [4.69, 9.17) is 57.6 Å². The van der Waals surface area contributed by atoms with Crippen molar-refractivity contribution >= 4 is 83.1 Å². The summed E-state index contributed by atoms with van der Waals surface area (Å²) in [6.45, 7) is 7.64. The summed E-state index contributed by atoms with van der Waals surface area (Å²) >= 11 is 16.1. The first-order valence-electron chi connectivity index (χ1n) is 18.4. The number of carbonyl (C=O) groups excluding carboxylic acids is 3. The van der Waals surface area contributed by atoms with Gasteiger partial charge in [0.2, 0.25) is 0 Å². The van der Waals surface area contributed by atoms with Gasteiger partial charge in [-0.3, -0.25) is 9.59 Å². The van der Waals surface area contributed by atoms with Crippen LogP contribution in [0.4, 0.5) is 13.6 Å². The first kappa shape index (κ1) is 65.6. The van der Waals surface area contributed by atoms with Crippen LogP contribution in [0.2, 0.25) is 0 Å². The first-order valence-corrected chi connectivity index (χ1v) is 24.3. The summed E-state index contributed by atoms with van der Waals surface area (Å²) in [4.78, 5) is 44.8. The van der Waals surface area contributed by atoms with Gasteiger partial charge in [0.05, 0.1) is 5.92 Å². The number of rotatable bonds is 14. The van der Waals surface area contributed by atoms with Crippen LogP contribution in [0.1, 0.15) is 67.0 Å². The third-order valence-corrected chi connectivity index (χ3v) is 9.27. The average molecular weight is 1150 g/mol. The smallest absolute Gasteiger partial charge is 0.428 e. The number of ether oxygens (including phenoxy) is 3. The maximum atomic E-state index is 12.8. The van der Waals surface area contributed by atoms with E-state index < -0.39 is 54.6 Å². The topological polar surface area (TPSA) is 193 Å². The monoisotopic (exact) mass is 1150 g/mol. The second-order valence-corrected chi connectivity index (χ2v) is 20.8. The SMILES string of the molecule is C.CC(C)C(=O)O.C[C@H](NC(=O)OC(C)(C)C)C(=O)OCc1ccc(F)cc1.C[C@H](NP(=O)(Cl)Oc1ccccc1)C(=O)OCc1ccc(F)cc1.Cl.O=P(Cl)(Cl)Oc1ccccc1.[I-]. The van der Waals surface area contributed by atoms with Gasteiger partial charge in [0.15, 0.2) is 0 Å². The van der Waals surface area contributed by atoms with Gasteiger partial charge in [-0.05, 0) is 94.3 Å². The molecule has 4 rings (SSSR count). The fourth-order valence-corrected chi connectivity index (χ4v) is 6.33. The summed E-state index contributed by atoms with van der Waals surface area (Å²) in [5, 5.41) is 12.8. The normalized spacial score (nSPS) is 12.1. The third kappa shape index (κ3) is 33.5. The van der Waals surface area contributed by atoms with Crippen LogP contribution in [0.5, 0.6) is 11.5 Å². The molecule has 0 spiro atoms. The van der Waals surface area contributed by atoms with E-state index >= 15 is 0 Å². The zero-order valence-electron chi connectivity index (χ0n) is 35.5. The van der Waals surface area contributed by atoms with E-state index in [-0.39, 0.29) is 74.6 Å². The van der Waals surface area contributed by atoms with Gasteiger partial charge in [-0.1, -0.05) is 81.9 Å². The minimum Gasteiger partial charge on any atom is -1.00 e. The minimum atomic E-state index is -3.75. The van der Waals surface area contributed by atoms with Crippen molar-refractivity contribution in [3.05, 3.63) is 132 Å². The Kier molecular flexibility index (Phi) is 33.2. The zero-order valence-corrected chi connectivity index (χ0v) is 42.6. The molecule has 0 radical (unpaired) electrons. The number of nitrogens with one attached hydrogen (secondary N) is 2. The van der Waals surface area contributed by atoms with Crippen molar-refractivity contribution in [2.45, 2.75) is 86.8 Å². The van der Waals surface area contributed by atoms with Gasteiger partial charge < -0.3 is 57.7 Å². The van der Waals surface area contributed by atoms with Crippen molar-refractivity contribution < 1.29 is 89.4 Å². The zero-order chi connectivity index (χ0) is 47.1. The number of carbonyl (C=O) groups is 4. The van der Waals surface area contributed by atoms with Crippen molar-refractivity contribution in [1.82, 2.24) is 10.4 Å². The summed E-state index contributed by atoms with van der Waals surface area (Å²) in [5.41, 5.74) is 0.655. The lowest BCUT2D eigenvalue weighted by atomic mass is 10.2. The lowest BCUT2D eigenvalue weighted by Gasteiger charge is -2.21. The Morgan fingerprint density at radius 3 is 1.35 bits per heavy atom. The maximum absolute atomic E-state index is 12.8. The number of carboxylic acids is 1. The second kappa shape index (κ2) is 32.9. The van der Waals surface area contributed by atoms with Gasteiger partial charge >= 0.3 is 36.9 Å². The molecule has 0 bridgehead atoms.